The van der Waals surface area contributed by atoms with Crippen LogP contribution in [0.5, 0.6) is 0 Å². The molecular formula is C15H19ClN2O. The minimum Gasteiger partial charge on any atom is -0.372 e. The maximum atomic E-state index is 12.7. The van der Waals surface area contributed by atoms with Crippen molar-refractivity contribution in [3.05, 3.63) is 23.2 Å². The molecule has 0 saturated heterocycles. The Labute approximate surface area is 118 Å². The molecule has 1 aliphatic carbocycles. The Bertz CT molecular complexity index is 509. The molecular weight excluding hydrogens is 260 g/mol. The molecule has 1 amide bonds. The molecule has 0 aromatic heterocycles. The maximum Gasteiger partial charge on any atom is 0.232 e. The first-order chi connectivity index (χ1) is 9.12. The van der Waals surface area contributed by atoms with Gasteiger partial charge in [-0.1, -0.05) is 36.9 Å². The van der Waals surface area contributed by atoms with E-state index in [1.165, 1.54) is 6.42 Å². The molecule has 1 fully saturated rings. The molecule has 1 spiro atoms. The number of fused-ring (bicyclic) bond motifs is 1. The molecule has 1 saturated carbocycles. The van der Waals surface area contributed by atoms with Crippen LogP contribution in [0.25, 0.3) is 0 Å². The lowest BCUT2D eigenvalue weighted by atomic mass is 9.73. The van der Waals surface area contributed by atoms with Gasteiger partial charge in [0.15, 0.2) is 0 Å². The van der Waals surface area contributed by atoms with Crippen LogP contribution in [0.1, 0.15) is 32.1 Å². The van der Waals surface area contributed by atoms with Crippen molar-refractivity contribution in [1.82, 2.24) is 0 Å². The van der Waals surface area contributed by atoms with Gasteiger partial charge in [0.25, 0.3) is 0 Å². The van der Waals surface area contributed by atoms with Crippen molar-refractivity contribution in [3.8, 4) is 0 Å². The van der Waals surface area contributed by atoms with E-state index in [4.69, 9.17) is 11.6 Å². The van der Waals surface area contributed by atoms with E-state index in [9.17, 15) is 4.79 Å². The normalized spacial score (nSPS) is 21.8. The van der Waals surface area contributed by atoms with Gasteiger partial charge < -0.3 is 10.2 Å². The third-order valence-electron chi connectivity index (χ3n) is 4.47. The summed E-state index contributed by atoms with van der Waals surface area (Å²) in [6.45, 7) is 0.784. The molecule has 0 atom stereocenters. The number of benzene rings is 1. The number of rotatable bonds is 0. The molecule has 2 aliphatic rings. The van der Waals surface area contributed by atoms with Gasteiger partial charge in [-0.05, 0) is 25.0 Å². The molecule has 0 bridgehead atoms. The van der Waals surface area contributed by atoms with Gasteiger partial charge in [0.2, 0.25) is 5.91 Å². The summed E-state index contributed by atoms with van der Waals surface area (Å²) in [7, 11) is 2.05. The quantitative estimate of drug-likeness (QED) is 0.785. The fraction of sp³-hybridized carbons (Fsp3) is 0.533. The van der Waals surface area contributed by atoms with Gasteiger partial charge in [0, 0.05) is 13.6 Å². The van der Waals surface area contributed by atoms with Gasteiger partial charge in [0.05, 0.1) is 21.8 Å². The van der Waals surface area contributed by atoms with Gasteiger partial charge in [0.1, 0.15) is 0 Å². The molecule has 0 unspecified atom stereocenters. The van der Waals surface area contributed by atoms with E-state index >= 15 is 0 Å². The number of halogens is 1. The van der Waals surface area contributed by atoms with Crippen molar-refractivity contribution in [1.29, 1.82) is 0 Å². The SMILES string of the molecule is CN1CC2(CCCCC2)C(=O)Nc2c(Cl)cccc21. The van der Waals surface area contributed by atoms with E-state index in [0.29, 0.717) is 5.02 Å². The molecule has 1 aromatic carbocycles. The van der Waals surface area contributed by atoms with Crippen LogP contribution < -0.4 is 10.2 Å². The number of hydrogen-bond acceptors (Lipinski definition) is 2. The Morgan fingerprint density at radius 1 is 1.26 bits per heavy atom. The van der Waals surface area contributed by atoms with E-state index < -0.39 is 0 Å². The van der Waals surface area contributed by atoms with Crippen molar-refractivity contribution in [2.45, 2.75) is 32.1 Å². The van der Waals surface area contributed by atoms with Crippen LogP contribution in [0, 0.1) is 5.41 Å². The molecule has 19 heavy (non-hydrogen) atoms. The highest BCUT2D eigenvalue weighted by Crippen LogP contribution is 2.44. The highest BCUT2D eigenvalue weighted by Gasteiger charge is 2.42. The third-order valence-corrected chi connectivity index (χ3v) is 4.79. The van der Waals surface area contributed by atoms with Crippen molar-refractivity contribution < 1.29 is 4.79 Å². The first-order valence-corrected chi connectivity index (χ1v) is 7.31. The second-order valence-corrected chi connectivity index (χ2v) is 6.19. The Morgan fingerprint density at radius 2 is 2.00 bits per heavy atom. The maximum absolute atomic E-state index is 12.7. The molecule has 1 aliphatic heterocycles. The van der Waals surface area contributed by atoms with Gasteiger partial charge in [-0.15, -0.1) is 0 Å². The summed E-state index contributed by atoms with van der Waals surface area (Å²) < 4.78 is 0. The van der Waals surface area contributed by atoms with Crippen LogP contribution >= 0.6 is 11.6 Å². The van der Waals surface area contributed by atoms with E-state index in [1.807, 2.05) is 25.2 Å². The first kappa shape index (κ1) is 12.8. The number of carbonyl (C=O) groups is 1. The fourth-order valence-electron chi connectivity index (χ4n) is 3.43. The predicted octanol–water partition coefficient (Wildman–Crippen LogP) is 3.68. The minimum absolute atomic E-state index is 0.144. The lowest BCUT2D eigenvalue weighted by Crippen LogP contribution is -2.44. The molecule has 1 heterocycles. The van der Waals surface area contributed by atoms with E-state index in [-0.39, 0.29) is 11.3 Å². The number of para-hydroxylation sites is 1. The summed E-state index contributed by atoms with van der Waals surface area (Å²) in [4.78, 5) is 14.8. The molecule has 4 heteroatoms. The Hall–Kier alpha value is -1.22. The Balaban J connectivity index is 2.02. The van der Waals surface area contributed by atoms with Gasteiger partial charge in [-0.2, -0.15) is 0 Å². The zero-order valence-electron chi connectivity index (χ0n) is 11.2. The number of hydrogen-bond donors (Lipinski definition) is 1. The van der Waals surface area contributed by atoms with Crippen LogP contribution in [0.4, 0.5) is 11.4 Å². The van der Waals surface area contributed by atoms with E-state index in [0.717, 1.165) is 43.6 Å². The summed E-state index contributed by atoms with van der Waals surface area (Å²) in [5.41, 5.74) is 1.54. The standard InChI is InChI=1S/C15H19ClN2O/c1-18-10-15(8-3-2-4-9-15)14(19)17-13-11(16)6-5-7-12(13)18/h5-7H,2-4,8-10H2,1H3,(H,17,19). The first-order valence-electron chi connectivity index (χ1n) is 6.93. The monoisotopic (exact) mass is 278 g/mol. The average Bonchev–Trinajstić information content (AvgIpc) is 2.50. The molecule has 3 rings (SSSR count). The smallest absolute Gasteiger partial charge is 0.232 e. The molecule has 0 radical (unpaired) electrons. The molecule has 1 aromatic rings. The van der Waals surface area contributed by atoms with Crippen molar-refractivity contribution in [2.24, 2.45) is 5.41 Å². The highest BCUT2D eigenvalue weighted by atomic mass is 35.5. The van der Waals surface area contributed by atoms with Crippen LogP contribution in [0.15, 0.2) is 18.2 Å². The zero-order valence-corrected chi connectivity index (χ0v) is 12.0. The summed E-state index contributed by atoms with van der Waals surface area (Å²) >= 11 is 6.23. The van der Waals surface area contributed by atoms with Gasteiger partial charge in [-0.3, -0.25) is 4.79 Å². The largest absolute Gasteiger partial charge is 0.372 e. The lowest BCUT2D eigenvalue weighted by molar-refractivity contribution is -0.126. The number of amides is 1. The van der Waals surface area contributed by atoms with Gasteiger partial charge in [-0.25, -0.2) is 0 Å². The van der Waals surface area contributed by atoms with Gasteiger partial charge >= 0.3 is 0 Å². The molecule has 102 valence electrons. The topological polar surface area (TPSA) is 32.3 Å². The minimum atomic E-state index is -0.241. The third kappa shape index (κ3) is 2.10. The highest BCUT2D eigenvalue weighted by molar-refractivity contribution is 6.34. The number of nitrogens with one attached hydrogen (secondary N) is 1. The number of anilines is 2. The lowest BCUT2D eigenvalue weighted by Gasteiger charge is -2.36. The van der Waals surface area contributed by atoms with Crippen LogP contribution in [-0.4, -0.2) is 19.5 Å². The van der Waals surface area contributed by atoms with Crippen molar-refractivity contribution in [2.75, 3.05) is 23.8 Å². The van der Waals surface area contributed by atoms with Crippen LogP contribution in [0.2, 0.25) is 5.02 Å². The molecule has 1 N–H and O–H groups in total. The Kier molecular flexibility index (Phi) is 3.17. The number of nitrogens with zero attached hydrogens (tertiary/aromatic N) is 1. The van der Waals surface area contributed by atoms with E-state index in [1.54, 1.807) is 0 Å². The van der Waals surface area contributed by atoms with Crippen LogP contribution in [0.3, 0.4) is 0 Å². The summed E-state index contributed by atoms with van der Waals surface area (Å²) in [6.07, 6.45) is 5.49. The summed E-state index contributed by atoms with van der Waals surface area (Å²) in [5, 5.41) is 3.69. The predicted molar refractivity (Wildman–Crippen MR) is 78.9 cm³/mol. The number of carbonyl (C=O) groups excluding carboxylic acids is 1. The zero-order chi connectivity index (χ0) is 13.5. The van der Waals surface area contributed by atoms with Crippen molar-refractivity contribution >= 4 is 28.9 Å². The second kappa shape index (κ2) is 4.71. The summed E-state index contributed by atoms with van der Waals surface area (Å²) in [6, 6.07) is 5.78. The van der Waals surface area contributed by atoms with Crippen LogP contribution in [-0.2, 0) is 4.79 Å². The second-order valence-electron chi connectivity index (χ2n) is 5.79. The Morgan fingerprint density at radius 3 is 2.74 bits per heavy atom. The average molecular weight is 279 g/mol. The molecule has 3 nitrogen and oxygen atoms in total. The van der Waals surface area contributed by atoms with Crippen molar-refractivity contribution in [3.63, 3.8) is 0 Å². The summed E-state index contributed by atoms with van der Waals surface area (Å²) in [5.74, 6) is 0.144. The fourth-order valence-corrected chi connectivity index (χ4v) is 3.64. The van der Waals surface area contributed by atoms with E-state index in [2.05, 4.69) is 10.2 Å².